The molecule has 0 bridgehead atoms. The van der Waals surface area contributed by atoms with E-state index in [0.717, 1.165) is 11.3 Å². The van der Waals surface area contributed by atoms with Crippen LogP contribution in [0, 0.1) is 6.92 Å². The van der Waals surface area contributed by atoms with E-state index in [0.29, 0.717) is 0 Å². The van der Waals surface area contributed by atoms with Gasteiger partial charge in [0.1, 0.15) is 0 Å². The van der Waals surface area contributed by atoms with E-state index in [2.05, 4.69) is 0 Å². The molecular formula is C13H15N. The van der Waals surface area contributed by atoms with Crippen molar-refractivity contribution in [3.63, 3.8) is 0 Å². The maximum atomic E-state index is 5.52. The molecule has 2 N–H and O–H groups in total. The van der Waals surface area contributed by atoms with Gasteiger partial charge in [0.25, 0.3) is 0 Å². The van der Waals surface area contributed by atoms with Crippen LogP contribution in [0.25, 0.3) is 0 Å². The van der Waals surface area contributed by atoms with Gasteiger partial charge >= 0.3 is 0 Å². The van der Waals surface area contributed by atoms with Crippen molar-refractivity contribution in [1.29, 1.82) is 0 Å². The molecule has 0 aromatic heterocycles. The van der Waals surface area contributed by atoms with Gasteiger partial charge in [0, 0.05) is 5.69 Å². The molecule has 0 amide bonds. The molecule has 0 saturated carbocycles. The Morgan fingerprint density at radius 3 is 1.43 bits per heavy atom. The third-order valence-corrected chi connectivity index (χ3v) is 1.86. The average Bonchev–Trinajstić information content (AvgIpc) is 2.26. The fourth-order valence-electron chi connectivity index (χ4n) is 0.972. The second-order valence-electron chi connectivity index (χ2n) is 3.01. The number of hydrogen-bond donors (Lipinski definition) is 1. The summed E-state index contributed by atoms with van der Waals surface area (Å²) in [6.07, 6.45) is 0. The molecule has 72 valence electrons. The summed E-state index contributed by atoms with van der Waals surface area (Å²) in [5.41, 5.74) is 7.53. The molecule has 0 saturated heterocycles. The first kappa shape index (κ1) is 10.3. The lowest BCUT2D eigenvalue weighted by molar-refractivity contribution is 1.47. The monoisotopic (exact) mass is 185 g/mol. The maximum Gasteiger partial charge on any atom is 0.0343 e. The van der Waals surface area contributed by atoms with Crippen LogP contribution in [-0.2, 0) is 0 Å². The van der Waals surface area contributed by atoms with Gasteiger partial charge < -0.3 is 5.73 Å². The van der Waals surface area contributed by atoms with Crippen LogP contribution in [0.2, 0.25) is 0 Å². The van der Waals surface area contributed by atoms with Crippen molar-refractivity contribution in [2.45, 2.75) is 6.92 Å². The van der Waals surface area contributed by atoms with E-state index in [4.69, 9.17) is 5.73 Å². The SMILES string of the molecule is Cc1ccccc1N.c1ccccc1. The maximum absolute atomic E-state index is 5.52. The number of nitrogens with two attached hydrogens (primary N) is 1. The Hall–Kier alpha value is -1.76. The molecule has 0 heterocycles. The van der Waals surface area contributed by atoms with Crippen molar-refractivity contribution in [2.75, 3.05) is 5.73 Å². The highest BCUT2D eigenvalue weighted by Crippen LogP contribution is 2.06. The highest BCUT2D eigenvalue weighted by atomic mass is 14.5. The average molecular weight is 185 g/mol. The van der Waals surface area contributed by atoms with Crippen LogP contribution in [-0.4, -0.2) is 0 Å². The van der Waals surface area contributed by atoms with E-state index in [1.54, 1.807) is 0 Å². The first-order chi connectivity index (χ1) is 6.80. The molecule has 0 spiro atoms. The normalized spacial score (nSPS) is 8.64. The van der Waals surface area contributed by atoms with Crippen LogP contribution < -0.4 is 5.73 Å². The third-order valence-electron chi connectivity index (χ3n) is 1.86. The van der Waals surface area contributed by atoms with E-state index < -0.39 is 0 Å². The lowest BCUT2D eigenvalue weighted by Crippen LogP contribution is -1.85. The Morgan fingerprint density at radius 1 is 0.714 bits per heavy atom. The molecule has 2 rings (SSSR count). The molecule has 0 unspecified atom stereocenters. The Labute approximate surface area is 85.2 Å². The molecule has 1 nitrogen and oxygen atoms in total. The summed E-state index contributed by atoms with van der Waals surface area (Å²) in [7, 11) is 0. The molecule has 14 heavy (non-hydrogen) atoms. The Kier molecular flexibility index (Phi) is 4.29. The minimum absolute atomic E-state index is 0.868. The highest BCUT2D eigenvalue weighted by molar-refractivity contribution is 5.44. The number of benzene rings is 2. The van der Waals surface area contributed by atoms with Crippen LogP contribution in [0.15, 0.2) is 60.7 Å². The van der Waals surface area contributed by atoms with Crippen molar-refractivity contribution in [3.05, 3.63) is 66.2 Å². The second kappa shape index (κ2) is 5.81. The van der Waals surface area contributed by atoms with Crippen molar-refractivity contribution in [3.8, 4) is 0 Å². The smallest absolute Gasteiger partial charge is 0.0343 e. The number of aryl methyl sites for hydroxylation is 1. The zero-order valence-electron chi connectivity index (χ0n) is 8.35. The summed E-state index contributed by atoms with van der Waals surface area (Å²) in [5, 5.41) is 0. The van der Waals surface area contributed by atoms with E-state index in [9.17, 15) is 0 Å². The fourth-order valence-corrected chi connectivity index (χ4v) is 0.972. The van der Waals surface area contributed by atoms with Crippen molar-refractivity contribution in [1.82, 2.24) is 0 Å². The molecule has 0 atom stereocenters. The predicted octanol–water partition coefficient (Wildman–Crippen LogP) is 3.26. The summed E-state index contributed by atoms with van der Waals surface area (Å²) >= 11 is 0. The van der Waals surface area contributed by atoms with Gasteiger partial charge in [-0.25, -0.2) is 0 Å². The third kappa shape index (κ3) is 3.76. The number of hydrogen-bond acceptors (Lipinski definition) is 1. The first-order valence-electron chi connectivity index (χ1n) is 4.62. The van der Waals surface area contributed by atoms with E-state index in [1.807, 2.05) is 67.6 Å². The molecule has 0 aliphatic rings. The van der Waals surface area contributed by atoms with E-state index in [-0.39, 0.29) is 0 Å². The summed E-state index contributed by atoms with van der Waals surface area (Å²) in [4.78, 5) is 0. The summed E-state index contributed by atoms with van der Waals surface area (Å²) in [5.74, 6) is 0. The van der Waals surface area contributed by atoms with Crippen molar-refractivity contribution >= 4 is 5.69 Å². The predicted molar refractivity (Wildman–Crippen MR) is 62.0 cm³/mol. The molecule has 2 aromatic rings. The minimum atomic E-state index is 0.868. The highest BCUT2D eigenvalue weighted by Gasteiger charge is 1.84. The Morgan fingerprint density at radius 2 is 1.14 bits per heavy atom. The molecule has 0 aliphatic carbocycles. The number of anilines is 1. The van der Waals surface area contributed by atoms with Crippen LogP contribution in [0.5, 0.6) is 0 Å². The van der Waals surface area contributed by atoms with Crippen LogP contribution in [0.3, 0.4) is 0 Å². The van der Waals surface area contributed by atoms with Crippen LogP contribution >= 0.6 is 0 Å². The molecule has 2 aromatic carbocycles. The van der Waals surface area contributed by atoms with Gasteiger partial charge in [0.2, 0.25) is 0 Å². The molecule has 0 radical (unpaired) electrons. The van der Waals surface area contributed by atoms with Gasteiger partial charge in [0.15, 0.2) is 0 Å². The van der Waals surface area contributed by atoms with Crippen molar-refractivity contribution < 1.29 is 0 Å². The quantitative estimate of drug-likeness (QED) is 0.626. The summed E-state index contributed by atoms with van der Waals surface area (Å²) < 4.78 is 0. The zero-order valence-corrected chi connectivity index (χ0v) is 8.35. The number of nitrogen functional groups attached to an aromatic ring is 1. The fraction of sp³-hybridized carbons (Fsp3) is 0.0769. The minimum Gasteiger partial charge on any atom is -0.399 e. The van der Waals surface area contributed by atoms with E-state index in [1.165, 1.54) is 0 Å². The lowest BCUT2D eigenvalue weighted by atomic mass is 10.2. The van der Waals surface area contributed by atoms with Gasteiger partial charge in [-0.1, -0.05) is 54.6 Å². The Balaban J connectivity index is 0.000000146. The first-order valence-corrected chi connectivity index (χ1v) is 4.62. The standard InChI is InChI=1S/C7H9N.C6H6/c1-6-4-2-3-5-7(6)8;1-2-4-6-5-3-1/h2-5H,8H2,1H3;1-6H. The van der Waals surface area contributed by atoms with Gasteiger partial charge in [0.05, 0.1) is 0 Å². The second-order valence-corrected chi connectivity index (χ2v) is 3.01. The van der Waals surface area contributed by atoms with Crippen LogP contribution in [0.1, 0.15) is 5.56 Å². The van der Waals surface area contributed by atoms with Gasteiger partial charge in [-0.3, -0.25) is 0 Å². The topological polar surface area (TPSA) is 26.0 Å². The molecule has 0 fully saturated rings. The molecule has 0 aliphatic heterocycles. The summed E-state index contributed by atoms with van der Waals surface area (Å²) in [6.45, 7) is 2.00. The van der Waals surface area contributed by atoms with Crippen LogP contribution in [0.4, 0.5) is 5.69 Å². The number of para-hydroxylation sites is 1. The van der Waals surface area contributed by atoms with Gasteiger partial charge in [-0.15, -0.1) is 0 Å². The van der Waals surface area contributed by atoms with E-state index >= 15 is 0 Å². The lowest BCUT2D eigenvalue weighted by Gasteiger charge is -1.93. The molecule has 1 heteroatoms. The largest absolute Gasteiger partial charge is 0.399 e. The zero-order chi connectivity index (χ0) is 10.2. The summed E-state index contributed by atoms with van der Waals surface area (Å²) in [6, 6.07) is 19.8. The van der Waals surface area contributed by atoms with Gasteiger partial charge in [-0.2, -0.15) is 0 Å². The Bertz CT molecular complexity index is 307. The van der Waals surface area contributed by atoms with Crippen molar-refractivity contribution in [2.24, 2.45) is 0 Å². The number of rotatable bonds is 0. The molecular weight excluding hydrogens is 170 g/mol. The van der Waals surface area contributed by atoms with Gasteiger partial charge in [-0.05, 0) is 18.6 Å².